The fourth-order valence-corrected chi connectivity index (χ4v) is 2.46. The number of nitrogens with one attached hydrogen (secondary N) is 1. The topological polar surface area (TPSA) is 56.1 Å². The minimum absolute atomic E-state index is 0.459. The van der Waals surface area contributed by atoms with Gasteiger partial charge in [0.15, 0.2) is 0 Å². The third-order valence-electron chi connectivity index (χ3n) is 4.17. The van der Waals surface area contributed by atoms with Crippen molar-refractivity contribution in [2.24, 2.45) is 0 Å². The van der Waals surface area contributed by atoms with Gasteiger partial charge >= 0.3 is 6.09 Å². The van der Waals surface area contributed by atoms with Crippen LogP contribution in [0.15, 0.2) is 60.7 Å². The Hall–Kier alpha value is -3.52. The fourth-order valence-electron chi connectivity index (χ4n) is 2.46. The van der Waals surface area contributed by atoms with E-state index in [-0.39, 0.29) is 0 Å². The molecule has 5 heteroatoms. The van der Waals surface area contributed by atoms with E-state index < -0.39 is 11.5 Å². The van der Waals surface area contributed by atoms with Gasteiger partial charge in [0, 0.05) is 6.07 Å². The molecule has 1 N–H and O–H groups in total. The van der Waals surface area contributed by atoms with Crippen LogP contribution in [0.4, 0.5) is 10.6 Å². The zero-order chi connectivity index (χ0) is 19.4. The summed E-state index contributed by atoms with van der Waals surface area (Å²) in [5, 5.41) is 7.38. The van der Waals surface area contributed by atoms with Gasteiger partial charge in [-0.1, -0.05) is 41.8 Å². The molecular weight excluding hydrogens is 338 g/mol. The molecule has 5 nitrogen and oxygen atoms in total. The first-order valence-electron chi connectivity index (χ1n) is 8.58. The third kappa shape index (κ3) is 4.18. The average molecular weight is 359 g/mol. The highest BCUT2D eigenvalue weighted by Gasteiger charge is 2.24. The summed E-state index contributed by atoms with van der Waals surface area (Å²) in [6.45, 7) is 5.82. The molecular formula is C22H21N3O2. The van der Waals surface area contributed by atoms with Gasteiger partial charge in [-0.2, -0.15) is 5.10 Å². The van der Waals surface area contributed by atoms with E-state index in [1.807, 2.05) is 51.1 Å². The second-order valence-corrected chi connectivity index (χ2v) is 6.76. The number of aromatic nitrogens is 2. The van der Waals surface area contributed by atoms with Gasteiger partial charge in [-0.05, 0) is 45.0 Å². The highest BCUT2D eigenvalue weighted by Crippen LogP contribution is 2.26. The molecule has 0 aliphatic rings. The van der Waals surface area contributed by atoms with E-state index >= 15 is 0 Å². The lowest BCUT2D eigenvalue weighted by Gasteiger charge is -2.13. The summed E-state index contributed by atoms with van der Waals surface area (Å²) in [5.74, 6) is 3.68. The summed E-state index contributed by atoms with van der Waals surface area (Å²) in [4.78, 5) is 12.3. The van der Waals surface area contributed by atoms with Crippen LogP contribution in [0.5, 0.6) is 5.75 Å². The van der Waals surface area contributed by atoms with Gasteiger partial charge in [0.05, 0.1) is 16.8 Å². The molecule has 1 aromatic heterocycles. The molecule has 0 aliphatic heterocycles. The van der Waals surface area contributed by atoms with Crippen molar-refractivity contribution in [3.8, 4) is 23.8 Å². The molecule has 0 unspecified atom stereocenters. The molecule has 0 fully saturated rings. The van der Waals surface area contributed by atoms with E-state index in [4.69, 9.17) is 11.2 Å². The van der Waals surface area contributed by atoms with Crippen LogP contribution in [-0.4, -0.2) is 15.9 Å². The number of hydrogen-bond donors (Lipinski definition) is 1. The number of amides is 1. The van der Waals surface area contributed by atoms with Crippen molar-refractivity contribution in [3.05, 3.63) is 71.9 Å². The summed E-state index contributed by atoms with van der Waals surface area (Å²) in [5.41, 5.74) is 2.05. The summed E-state index contributed by atoms with van der Waals surface area (Å²) >= 11 is 0. The first-order valence-corrected chi connectivity index (χ1v) is 8.58. The normalized spacial score (nSPS) is 10.9. The van der Waals surface area contributed by atoms with E-state index in [0.29, 0.717) is 17.3 Å². The molecule has 27 heavy (non-hydrogen) atoms. The molecule has 0 radical (unpaired) electrons. The van der Waals surface area contributed by atoms with E-state index in [9.17, 15) is 4.79 Å². The highest BCUT2D eigenvalue weighted by molar-refractivity contribution is 5.85. The quantitative estimate of drug-likeness (QED) is 0.687. The number of aryl methyl sites for hydroxylation is 1. The Labute approximate surface area is 159 Å². The van der Waals surface area contributed by atoms with Crippen molar-refractivity contribution in [3.63, 3.8) is 0 Å². The number of carbonyl (C=O) groups excluding carboxylic acids is 1. The van der Waals surface area contributed by atoms with Crippen molar-refractivity contribution in [1.29, 1.82) is 0 Å². The monoisotopic (exact) mass is 359 g/mol. The van der Waals surface area contributed by atoms with E-state index in [2.05, 4.69) is 16.3 Å². The van der Waals surface area contributed by atoms with Gasteiger partial charge < -0.3 is 4.74 Å². The van der Waals surface area contributed by atoms with Gasteiger partial charge in [-0.25, -0.2) is 9.48 Å². The number of anilines is 1. The summed E-state index contributed by atoms with van der Waals surface area (Å²) < 4.78 is 6.97. The molecule has 0 saturated heterocycles. The number of hydrogen-bond acceptors (Lipinski definition) is 3. The molecule has 0 aliphatic carbocycles. The number of rotatable bonds is 4. The van der Waals surface area contributed by atoms with Crippen LogP contribution in [-0.2, 0) is 5.41 Å². The Balaban J connectivity index is 1.93. The molecule has 1 amide bonds. The Morgan fingerprint density at radius 1 is 1.15 bits per heavy atom. The van der Waals surface area contributed by atoms with Crippen LogP contribution in [0, 0.1) is 19.3 Å². The minimum atomic E-state index is -0.598. The molecule has 0 atom stereocenters. The molecule has 3 rings (SSSR count). The lowest BCUT2D eigenvalue weighted by Crippen LogP contribution is -2.19. The maximum absolute atomic E-state index is 12.3. The zero-order valence-corrected chi connectivity index (χ0v) is 15.6. The maximum atomic E-state index is 12.3. The van der Waals surface area contributed by atoms with Crippen molar-refractivity contribution in [2.75, 3.05) is 5.32 Å². The number of ether oxygens (including phenoxy) is 1. The van der Waals surface area contributed by atoms with E-state index in [1.54, 1.807) is 35.0 Å². The predicted molar refractivity (Wildman–Crippen MR) is 106 cm³/mol. The predicted octanol–water partition coefficient (Wildman–Crippen LogP) is 4.70. The fraction of sp³-hybridized carbons (Fsp3) is 0.182. The van der Waals surface area contributed by atoms with Crippen LogP contribution in [0.2, 0.25) is 0 Å². The van der Waals surface area contributed by atoms with Crippen LogP contribution in [0.25, 0.3) is 5.69 Å². The Morgan fingerprint density at radius 3 is 2.44 bits per heavy atom. The SMILES string of the molecule is C#CC(C)(C)c1cc(NC(=O)Oc2ccccc2)n(-c2ccc(C)cc2)n1. The van der Waals surface area contributed by atoms with Crippen LogP contribution >= 0.6 is 0 Å². The maximum Gasteiger partial charge on any atom is 0.418 e. The molecule has 1 heterocycles. The lowest BCUT2D eigenvalue weighted by molar-refractivity contribution is 0.215. The number of para-hydroxylation sites is 1. The first-order chi connectivity index (χ1) is 12.9. The van der Waals surface area contributed by atoms with E-state index in [0.717, 1.165) is 11.3 Å². The van der Waals surface area contributed by atoms with Crippen molar-refractivity contribution in [1.82, 2.24) is 9.78 Å². The standard InChI is InChI=1S/C22H21N3O2/c1-5-22(3,4)19-15-20(23-21(26)27-18-9-7-6-8-10-18)25(24-19)17-13-11-16(2)12-14-17/h1,6-15H,2-4H3,(H,23,26). The lowest BCUT2D eigenvalue weighted by atomic mass is 9.91. The molecule has 0 spiro atoms. The van der Waals surface area contributed by atoms with Gasteiger partial charge in [-0.15, -0.1) is 6.42 Å². The molecule has 0 saturated carbocycles. The van der Waals surface area contributed by atoms with E-state index in [1.165, 1.54) is 0 Å². The molecule has 0 bridgehead atoms. The van der Waals surface area contributed by atoms with Gasteiger partial charge in [-0.3, -0.25) is 5.32 Å². The van der Waals surface area contributed by atoms with Gasteiger partial charge in [0.2, 0.25) is 0 Å². The highest BCUT2D eigenvalue weighted by atomic mass is 16.6. The zero-order valence-electron chi connectivity index (χ0n) is 15.6. The second kappa shape index (κ2) is 7.38. The summed E-state index contributed by atoms with van der Waals surface area (Å²) in [6, 6.07) is 18.5. The smallest absolute Gasteiger partial charge is 0.410 e. The number of nitrogens with zero attached hydrogens (tertiary/aromatic N) is 2. The molecule has 136 valence electrons. The first kappa shape index (κ1) is 18.3. The number of benzene rings is 2. The van der Waals surface area contributed by atoms with Crippen LogP contribution in [0.3, 0.4) is 0 Å². The Kier molecular flexibility index (Phi) is 5.00. The average Bonchev–Trinajstić information content (AvgIpc) is 3.07. The van der Waals surface area contributed by atoms with Crippen LogP contribution in [0.1, 0.15) is 25.1 Å². The van der Waals surface area contributed by atoms with Gasteiger partial charge in [0.25, 0.3) is 0 Å². The Bertz CT molecular complexity index is 981. The number of carbonyl (C=O) groups is 1. The van der Waals surface area contributed by atoms with Crippen LogP contribution < -0.4 is 10.1 Å². The van der Waals surface area contributed by atoms with Gasteiger partial charge in [0.1, 0.15) is 11.6 Å². The molecule has 3 aromatic rings. The minimum Gasteiger partial charge on any atom is -0.410 e. The largest absolute Gasteiger partial charge is 0.418 e. The third-order valence-corrected chi connectivity index (χ3v) is 4.17. The summed E-state index contributed by atoms with van der Waals surface area (Å²) in [7, 11) is 0. The van der Waals surface area contributed by atoms with Crippen molar-refractivity contribution < 1.29 is 9.53 Å². The summed E-state index contributed by atoms with van der Waals surface area (Å²) in [6.07, 6.45) is 5.05. The second-order valence-electron chi connectivity index (χ2n) is 6.76. The molecule has 2 aromatic carbocycles. The Morgan fingerprint density at radius 2 is 1.81 bits per heavy atom. The van der Waals surface area contributed by atoms with Crippen molar-refractivity contribution in [2.45, 2.75) is 26.2 Å². The number of terminal acetylenes is 1. The van der Waals surface area contributed by atoms with Crippen molar-refractivity contribution >= 4 is 11.9 Å².